The molecular weight excluding hydrogens is 188 g/mol. The van der Waals surface area contributed by atoms with Gasteiger partial charge in [-0.1, -0.05) is 26.2 Å². The molecule has 0 aromatic heterocycles. The fraction of sp³-hybridized carbons (Fsp3) is 1.00. The van der Waals surface area contributed by atoms with E-state index in [4.69, 9.17) is 10.8 Å². The monoisotopic (exact) mass is 214 g/mol. The Balaban J connectivity index is 2.49. The van der Waals surface area contributed by atoms with E-state index in [1.807, 2.05) is 0 Å². The Hall–Kier alpha value is -0.120. The summed E-state index contributed by atoms with van der Waals surface area (Å²) in [5, 5.41) is 12.3. The lowest BCUT2D eigenvalue weighted by Gasteiger charge is -2.32. The van der Waals surface area contributed by atoms with Crippen LogP contribution in [0.4, 0.5) is 0 Å². The molecule has 2 unspecified atom stereocenters. The molecule has 0 aliphatic heterocycles. The average Bonchev–Trinajstić information content (AvgIpc) is 2.49. The van der Waals surface area contributed by atoms with Crippen molar-refractivity contribution < 1.29 is 5.11 Å². The molecular formula is C12H26N2O. The van der Waals surface area contributed by atoms with Crippen LogP contribution in [-0.2, 0) is 0 Å². The van der Waals surface area contributed by atoms with Gasteiger partial charge in [-0.3, -0.25) is 0 Å². The predicted octanol–water partition coefficient (Wildman–Crippen LogP) is 1.26. The lowest BCUT2D eigenvalue weighted by Crippen LogP contribution is -2.51. The van der Waals surface area contributed by atoms with Crippen molar-refractivity contribution in [3.8, 4) is 0 Å². The third-order valence-corrected chi connectivity index (χ3v) is 3.88. The minimum atomic E-state index is 0.104. The Labute approximate surface area is 93.4 Å². The van der Waals surface area contributed by atoms with E-state index >= 15 is 0 Å². The van der Waals surface area contributed by atoms with E-state index in [1.54, 1.807) is 0 Å². The van der Waals surface area contributed by atoms with Crippen LogP contribution in [-0.4, -0.2) is 30.3 Å². The molecule has 3 nitrogen and oxygen atoms in total. The molecule has 3 heteroatoms. The van der Waals surface area contributed by atoms with Crippen LogP contribution in [0.2, 0.25) is 0 Å². The second-order valence-corrected chi connectivity index (χ2v) is 4.84. The zero-order valence-corrected chi connectivity index (χ0v) is 9.97. The third-order valence-electron chi connectivity index (χ3n) is 3.88. The molecule has 0 aromatic carbocycles. The van der Waals surface area contributed by atoms with Crippen LogP contribution in [0.3, 0.4) is 0 Å². The van der Waals surface area contributed by atoms with Gasteiger partial charge in [0.1, 0.15) is 0 Å². The Bertz CT molecular complexity index is 175. The number of nitrogens with two attached hydrogens (primary N) is 1. The highest BCUT2D eigenvalue weighted by Gasteiger charge is 2.30. The number of nitrogens with one attached hydrogen (secondary N) is 1. The summed E-state index contributed by atoms with van der Waals surface area (Å²) in [5.41, 5.74) is 6.00. The molecule has 0 aromatic rings. The molecule has 0 saturated heterocycles. The fourth-order valence-corrected chi connectivity index (χ4v) is 2.66. The van der Waals surface area contributed by atoms with Gasteiger partial charge in [-0.05, 0) is 25.2 Å². The van der Waals surface area contributed by atoms with E-state index in [0.29, 0.717) is 13.1 Å². The van der Waals surface area contributed by atoms with Gasteiger partial charge >= 0.3 is 0 Å². The molecule has 2 atom stereocenters. The Morgan fingerprint density at radius 3 is 2.80 bits per heavy atom. The van der Waals surface area contributed by atoms with Crippen molar-refractivity contribution in [3.63, 3.8) is 0 Å². The quantitative estimate of drug-likeness (QED) is 0.604. The van der Waals surface area contributed by atoms with E-state index < -0.39 is 0 Å². The van der Waals surface area contributed by atoms with Crippen LogP contribution >= 0.6 is 0 Å². The van der Waals surface area contributed by atoms with Crippen LogP contribution < -0.4 is 11.1 Å². The van der Waals surface area contributed by atoms with Crippen molar-refractivity contribution in [2.24, 2.45) is 11.7 Å². The SMILES string of the molecule is CCC1CCCC(CN)(NCCO)CC1. The summed E-state index contributed by atoms with van der Waals surface area (Å²) in [4.78, 5) is 0. The topological polar surface area (TPSA) is 58.3 Å². The largest absolute Gasteiger partial charge is 0.395 e. The van der Waals surface area contributed by atoms with Crippen molar-refractivity contribution in [1.29, 1.82) is 0 Å². The Kier molecular flexibility index (Phi) is 5.58. The van der Waals surface area contributed by atoms with E-state index in [-0.39, 0.29) is 12.1 Å². The van der Waals surface area contributed by atoms with Gasteiger partial charge in [-0.15, -0.1) is 0 Å². The molecule has 0 bridgehead atoms. The van der Waals surface area contributed by atoms with Crippen molar-refractivity contribution in [1.82, 2.24) is 5.32 Å². The number of aliphatic hydroxyl groups excluding tert-OH is 1. The molecule has 1 aliphatic carbocycles. The van der Waals surface area contributed by atoms with Crippen LogP contribution in [0.25, 0.3) is 0 Å². The highest BCUT2D eigenvalue weighted by molar-refractivity contribution is 4.91. The zero-order valence-electron chi connectivity index (χ0n) is 9.97. The summed E-state index contributed by atoms with van der Waals surface area (Å²) in [6, 6.07) is 0. The van der Waals surface area contributed by atoms with Crippen LogP contribution in [0.5, 0.6) is 0 Å². The lowest BCUT2D eigenvalue weighted by atomic mass is 9.89. The summed E-state index contributed by atoms with van der Waals surface area (Å²) < 4.78 is 0. The highest BCUT2D eigenvalue weighted by atomic mass is 16.3. The van der Waals surface area contributed by atoms with Gasteiger partial charge in [0, 0.05) is 18.6 Å². The predicted molar refractivity (Wildman–Crippen MR) is 63.7 cm³/mol. The average molecular weight is 214 g/mol. The van der Waals surface area contributed by atoms with Gasteiger partial charge in [0.25, 0.3) is 0 Å². The number of rotatable bonds is 5. The highest BCUT2D eigenvalue weighted by Crippen LogP contribution is 2.31. The van der Waals surface area contributed by atoms with Crippen molar-refractivity contribution in [3.05, 3.63) is 0 Å². The Morgan fingerprint density at radius 2 is 2.20 bits per heavy atom. The first-order chi connectivity index (χ1) is 7.26. The fourth-order valence-electron chi connectivity index (χ4n) is 2.66. The molecule has 0 radical (unpaired) electrons. The summed E-state index contributed by atoms with van der Waals surface area (Å²) in [7, 11) is 0. The smallest absolute Gasteiger partial charge is 0.0556 e. The van der Waals surface area contributed by atoms with Crippen molar-refractivity contribution >= 4 is 0 Å². The first kappa shape index (κ1) is 12.9. The van der Waals surface area contributed by atoms with Gasteiger partial charge < -0.3 is 16.2 Å². The van der Waals surface area contributed by atoms with Gasteiger partial charge in [-0.2, -0.15) is 0 Å². The molecule has 1 aliphatic rings. The van der Waals surface area contributed by atoms with Gasteiger partial charge in [0.15, 0.2) is 0 Å². The first-order valence-electron chi connectivity index (χ1n) is 6.32. The van der Waals surface area contributed by atoms with Crippen LogP contribution in [0, 0.1) is 5.92 Å². The molecule has 1 rings (SSSR count). The van der Waals surface area contributed by atoms with Gasteiger partial charge in [-0.25, -0.2) is 0 Å². The minimum absolute atomic E-state index is 0.104. The van der Waals surface area contributed by atoms with Gasteiger partial charge in [0.05, 0.1) is 6.61 Å². The lowest BCUT2D eigenvalue weighted by molar-refractivity contribution is 0.235. The second kappa shape index (κ2) is 6.46. The van der Waals surface area contributed by atoms with Crippen LogP contribution in [0.1, 0.15) is 45.4 Å². The third kappa shape index (κ3) is 3.74. The molecule has 0 amide bonds. The van der Waals surface area contributed by atoms with E-state index in [9.17, 15) is 0 Å². The standard InChI is InChI=1S/C12H26N2O/c1-2-11-4-3-6-12(10-13,7-5-11)14-8-9-15/h11,14-15H,2-10,13H2,1H3. The summed E-state index contributed by atoms with van der Waals surface area (Å²) in [5.74, 6) is 0.884. The van der Waals surface area contributed by atoms with E-state index in [2.05, 4.69) is 12.2 Å². The number of aliphatic hydroxyl groups is 1. The first-order valence-corrected chi connectivity index (χ1v) is 6.32. The zero-order chi connectivity index (χ0) is 11.1. The molecule has 4 N–H and O–H groups in total. The second-order valence-electron chi connectivity index (χ2n) is 4.84. The molecule has 1 saturated carbocycles. The normalized spacial score (nSPS) is 32.6. The van der Waals surface area contributed by atoms with E-state index in [1.165, 1.54) is 38.5 Å². The number of hydrogen-bond donors (Lipinski definition) is 3. The van der Waals surface area contributed by atoms with Crippen LogP contribution in [0.15, 0.2) is 0 Å². The summed E-state index contributed by atoms with van der Waals surface area (Å²) in [6.07, 6.45) is 7.53. The molecule has 15 heavy (non-hydrogen) atoms. The molecule has 0 spiro atoms. The maximum absolute atomic E-state index is 8.87. The molecule has 0 heterocycles. The number of hydrogen-bond acceptors (Lipinski definition) is 3. The molecule has 1 fully saturated rings. The molecule has 90 valence electrons. The van der Waals surface area contributed by atoms with E-state index in [0.717, 1.165) is 5.92 Å². The Morgan fingerprint density at radius 1 is 1.40 bits per heavy atom. The maximum Gasteiger partial charge on any atom is 0.0556 e. The van der Waals surface area contributed by atoms with Crippen molar-refractivity contribution in [2.45, 2.75) is 51.0 Å². The maximum atomic E-state index is 8.87. The summed E-state index contributed by atoms with van der Waals surface area (Å²) in [6.45, 7) is 3.86. The van der Waals surface area contributed by atoms with Gasteiger partial charge in [0.2, 0.25) is 0 Å². The van der Waals surface area contributed by atoms with Crippen molar-refractivity contribution in [2.75, 3.05) is 19.7 Å². The summed E-state index contributed by atoms with van der Waals surface area (Å²) >= 11 is 0. The number of β-amino-alcohol motifs (C(OH)–C–C–N with tert-alkyl or cyclic N) is 1. The minimum Gasteiger partial charge on any atom is -0.395 e.